The lowest BCUT2D eigenvalue weighted by atomic mass is 10.1. The van der Waals surface area contributed by atoms with Gasteiger partial charge >= 0.3 is 0 Å². The van der Waals surface area contributed by atoms with Crippen molar-refractivity contribution in [3.8, 4) is 16.9 Å². The summed E-state index contributed by atoms with van der Waals surface area (Å²) in [5, 5.41) is 8.42. The zero-order chi connectivity index (χ0) is 18.7. The molecule has 0 atom stereocenters. The number of rotatable bonds is 11. The van der Waals surface area contributed by atoms with E-state index in [1.54, 1.807) is 0 Å². The van der Waals surface area contributed by atoms with Crippen molar-refractivity contribution < 1.29 is 4.74 Å². The minimum absolute atomic E-state index is 0.446. The number of aromatic nitrogens is 3. The number of ether oxygens (including phenoxy) is 1. The molecule has 2 aromatic carbocycles. The molecule has 0 unspecified atom stereocenters. The molecule has 0 N–H and O–H groups in total. The van der Waals surface area contributed by atoms with E-state index in [-0.39, 0.29) is 0 Å². The highest BCUT2D eigenvalue weighted by atomic mass is 16.5. The molecule has 142 valence electrons. The van der Waals surface area contributed by atoms with E-state index in [4.69, 9.17) is 4.74 Å². The number of unbranched alkanes of at least 4 members (excludes halogenated alkanes) is 5. The lowest BCUT2D eigenvalue weighted by Crippen LogP contribution is -1.98. The number of benzene rings is 2. The van der Waals surface area contributed by atoms with Crippen molar-refractivity contribution in [1.82, 2.24) is 15.0 Å². The fraction of sp³-hybridized carbons (Fsp3) is 0.391. The minimum atomic E-state index is 0.446. The van der Waals surface area contributed by atoms with Crippen LogP contribution in [0.5, 0.6) is 5.75 Å². The predicted octanol–water partition coefficient (Wildman–Crippen LogP) is 5.88. The molecule has 0 spiro atoms. The minimum Gasteiger partial charge on any atom is -0.487 e. The van der Waals surface area contributed by atoms with Crippen LogP contribution in [0.2, 0.25) is 0 Å². The van der Waals surface area contributed by atoms with Crippen LogP contribution in [0.3, 0.4) is 0 Å². The van der Waals surface area contributed by atoms with E-state index in [9.17, 15) is 0 Å². The summed E-state index contributed by atoms with van der Waals surface area (Å²) in [4.78, 5) is 0. The molecule has 0 radical (unpaired) electrons. The first-order valence-corrected chi connectivity index (χ1v) is 10.0. The predicted molar refractivity (Wildman–Crippen MR) is 110 cm³/mol. The van der Waals surface area contributed by atoms with E-state index in [1.807, 2.05) is 41.2 Å². The first-order valence-electron chi connectivity index (χ1n) is 10.0. The Labute approximate surface area is 162 Å². The van der Waals surface area contributed by atoms with Crippen LogP contribution in [0.4, 0.5) is 0 Å². The number of aryl methyl sites for hydroxylation is 1. The average molecular weight is 364 g/mol. The van der Waals surface area contributed by atoms with E-state index >= 15 is 0 Å². The molecule has 0 bridgehead atoms. The summed E-state index contributed by atoms with van der Waals surface area (Å²) in [7, 11) is 0. The van der Waals surface area contributed by atoms with Crippen LogP contribution in [0.1, 0.15) is 51.1 Å². The second kappa shape index (κ2) is 10.5. The van der Waals surface area contributed by atoms with Crippen molar-refractivity contribution in [3.05, 3.63) is 66.5 Å². The lowest BCUT2D eigenvalue weighted by molar-refractivity contribution is 0.301. The van der Waals surface area contributed by atoms with Gasteiger partial charge in [0.05, 0.1) is 6.20 Å². The van der Waals surface area contributed by atoms with E-state index < -0.39 is 0 Å². The maximum Gasteiger partial charge on any atom is 0.134 e. The third kappa shape index (κ3) is 6.24. The van der Waals surface area contributed by atoms with Crippen molar-refractivity contribution in [2.45, 2.75) is 58.6 Å². The van der Waals surface area contributed by atoms with Crippen molar-refractivity contribution in [2.24, 2.45) is 0 Å². The van der Waals surface area contributed by atoms with Gasteiger partial charge in [0.2, 0.25) is 0 Å². The second-order valence-corrected chi connectivity index (χ2v) is 6.92. The van der Waals surface area contributed by atoms with Gasteiger partial charge in [-0.2, -0.15) is 0 Å². The Kier molecular flexibility index (Phi) is 7.45. The van der Waals surface area contributed by atoms with Crippen LogP contribution in [0.25, 0.3) is 11.1 Å². The van der Waals surface area contributed by atoms with Gasteiger partial charge in [0.15, 0.2) is 0 Å². The molecule has 4 nitrogen and oxygen atoms in total. The Bertz CT molecular complexity index is 781. The number of hydrogen-bond acceptors (Lipinski definition) is 3. The Morgan fingerprint density at radius 1 is 0.815 bits per heavy atom. The summed E-state index contributed by atoms with van der Waals surface area (Å²) >= 11 is 0. The van der Waals surface area contributed by atoms with Gasteiger partial charge in [-0.1, -0.05) is 86.7 Å². The second-order valence-electron chi connectivity index (χ2n) is 6.92. The van der Waals surface area contributed by atoms with Crippen LogP contribution in [-0.2, 0) is 13.2 Å². The highest BCUT2D eigenvalue weighted by Gasteiger charge is 2.03. The zero-order valence-electron chi connectivity index (χ0n) is 16.2. The van der Waals surface area contributed by atoms with Gasteiger partial charge in [0.1, 0.15) is 18.1 Å². The summed E-state index contributed by atoms with van der Waals surface area (Å²) in [6.45, 7) is 3.63. The van der Waals surface area contributed by atoms with Crippen LogP contribution in [-0.4, -0.2) is 15.0 Å². The molecule has 3 rings (SSSR count). The van der Waals surface area contributed by atoms with Crippen LogP contribution in [0.15, 0.2) is 60.8 Å². The summed E-state index contributed by atoms with van der Waals surface area (Å²) in [5.41, 5.74) is 3.27. The highest BCUT2D eigenvalue weighted by Crippen LogP contribution is 2.22. The maximum atomic E-state index is 5.85. The molecule has 4 heteroatoms. The largest absolute Gasteiger partial charge is 0.487 e. The number of hydrogen-bond donors (Lipinski definition) is 0. The fourth-order valence-corrected chi connectivity index (χ4v) is 3.10. The van der Waals surface area contributed by atoms with Gasteiger partial charge in [-0.3, -0.25) is 4.68 Å². The van der Waals surface area contributed by atoms with Gasteiger partial charge in [0.25, 0.3) is 0 Å². The molecule has 0 saturated carbocycles. The summed E-state index contributed by atoms with van der Waals surface area (Å²) < 4.78 is 7.78. The fourth-order valence-electron chi connectivity index (χ4n) is 3.10. The van der Waals surface area contributed by atoms with Crippen LogP contribution >= 0.6 is 0 Å². The molecule has 3 aromatic rings. The molecule has 0 aliphatic carbocycles. The third-order valence-electron chi connectivity index (χ3n) is 4.68. The molecule has 0 aliphatic rings. The van der Waals surface area contributed by atoms with Crippen molar-refractivity contribution in [1.29, 1.82) is 0 Å². The van der Waals surface area contributed by atoms with E-state index in [0.29, 0.717) is 6.61 Å². The maximum absolute atomic E-state index is 5.85. The molecule has 0 aliphatic heterocycles. The molecular formula is C23H29N3O. The Balaban J connectivity index is 1.42. The molecule has 0 amide bonds. The highest BCUT2D eigenvalue weighted by molar-refractivity contribution is 5.63. The first kappa shape index (κ1) is 19.2. The van der Waals surface area contributed by atoms with E-state index in [2.05, 4.69) is 41.5 Å². The van der Waals surface area contributed by atoms with Gasteiger partial charge in [-0.15, -0.1) is 5.10 Å². The van der Waals surface area contributed by atoms with Crippen molar-refractivity contribution >= 4 is 0 Å². The summed E-state index contributed by atoms with van der Waals surface area (Å²) in [5.74, 6) is 0.847. The molecular weight excluding hydrogens is 334 g/mol. The normalized spacial score (nSPS) is 10.9. The molecule has 1 heterocycles. The Hall–Kier alpha value is -2.62. The smallest absolute Gasteiger partial charge is 0.134 e. The van der Waals surface area contributed by atoms with Gasteiger partial charge in [0, 0.05) is 6.54 Å². The first-order chi connectivity index (χ1) is 13.3. The van der Waals surface area contributed by atoms with E-state index in [1.165, 1.54) is 43.2 Å². The van der Waals surface area contributed by atoms with Gasteiger partial charge in [-0.25, -0.2) is 0 Å². The number of nitrogens with zero attached hydrogens (tertiary/aromatic N) is 3. The monoisotopic (exact) mass is 363 g/mol. The zero-order valence-corrected chi connectivity index (χ0v) is 16.2. The molecule has 1 aromatic heterocycles. The summed E-state index contributed by atoms with van der Waals surface area (Å²) in [6, 6.07) is 18.5. The molecule has 0 saturated heterocycles. The molecule has 0 fully saturated rings. The lowest BCUT2D eigenvalue weighted by Gasteiger charge is -2.06. The van der Waals surface area contributed by atoms with Gasteiger partial charge in [-0.05, 0) is 29.7 Å². The topological polar surface area (TPSA) is 39.9 Å². The van der Waals surface area contributed by atoms with E-state index in [0.717, 1.165) is 24.4 Å². The molecule has 27 heavy (non-hydrogen) atoms. The SMILES string of the molecule is CCCCCCCCn1cc(COc2ccc(-c3ccccc3)cc2)nn1. The summed E-state index contributed by atoms with van der Waals surface area (Å²) in [6.07, 6.45) is 9.71. The van der Waals surface area contributed by atoms with Gasteiger partial charge < -0.3 is 4.74 Å². The standard InChI is InChI=1S/C23H29N3O/c1-2-3-4-5-6-10-17-26-18-22(24-25-26)19-27-23-15-13-21(14-16-23)20-11-8-7-9-12-20/h7-9,11-16,18H,2-6,10,17,19H2,1H3. The average Bonchev–Trinajstić information content (AvgIpc) is 3.18. The Morgan fingerprint density at radius 3 is 2.30 bits per heavy atom. The van der Waals surface area contributed by atoms with Crippen molar-refractivity contribution in [2.75, 3.05) is 0 Å². The Morgan fingerprint density at radius 2 is 1.52 bits per heavy atom. The quantitative estimate of drug-likeness (QED) is 0.399. The van der Waals surface area contributed by atoms with Crippen LogP contribution in [0, 0.1) is 0 Å². The third-order valence-corrected chi connectivity index (χ3v) is 4.68. The van der Waals surface area contributed by atoms with Crippen molar-refractivity contribution in [3.63, 3.8) is 0 Å². The van der Waals surface area contributed by atoms with Crippen LogP contribution < -0.4 is 4.74 Å².